The van der Waals surface area contributed by atoms with Gasteiger partial charge in [0.15, 0.2) is 0 Å². The van der Waals surface area contributed by atoms with E-state index in [2.05, 4.69) is 22.1 Å². The number of hydrogen-bond acceptors (Lipinski definition) is 5. The van der Waals surface area contributed by atoms with E-state index < -0.39 is 0 Å². The van der Waals surface area contributed by atoms with Crippen LogP contribution in [0.5, 0.6) is 0 Å². The number of aliphatic hydroxyl groups is 1. The Balaban J connectivity index is 2.02. The highest BCUT2D eigenvalue weighted by molar-refractivity contribution is 7.14. The Hall–Kier alpha value is -1.68. The average molecular weight is 306 g/mol. The van der Waals surface area contributed by atoms with Gasteiger partial charge in [0.2, 0.25) is 0 Å². The lowest BCUT2D eigenvalue weighted by Crippen LogP contribution is -2.21. The first-order chi connectivity index (χ1) is 9.60. The molecule has 4 nitrogen and oxygen atoms in total. The van der Waals surface area contributed by atoms with Gasteiger partial charge in [-0.2, -0.15) is 0 Å². The second-order valence-electron chi connectivity index (χ2n) is 4.11. The van der Waals surface area contributed by atoms with Crippen molar-refractivity contribution in [3.8, 4) is 11.8 Å². The molecule has 0 aromatic carbocycles. The Morgan fingerprint density at radius 3 is 2.90 bits per heavy atom. The lowest BCUT2D eigenvalue weighted by atomic mass is 10.2. The highest BCUT2D eigenvalue weighted by atomic mass is 32.1. The van der Waals surface area contributed by atoms with Gasteiger partial charge in [-0.05, 0) is 25.5 Å². The van der Waals surface area contributed by atoms with Crippen molar-refractivity contribution in [3.63, 3.8) is 0 Å². The maximum Gasteiger partial charge on any atom is 0.261 e. The molecule has 0 aliphatic heterocycles. The van der Waals surface area contributed by atoms with E-state index in [4.69, 9.17) is 5.11 Å². The summed E-state index contributed by atoms with van der Waals surface area (Å²) in [6.07, 6.45) is 1.78. The second-order valence-corrected chi connectivity index (χ2v) is 6.48. The second kappa shape index (κ2) is 6.66. The van der Waals surface area contributed by atoms with Gasteiger partial charge in [-0.1, -0.05) is 11.8 Å². The Morgan fingerprint density at radius 1 is 1.45 bits per heavy atom. The quantitative estimate of drug-likeness (QED) is 0.854. The molecule has 0 aliphatic carbocycles. The van der Waals surface area contributed by atoms with E-state index in [0.717, 1.165) is 20.3 Å². The molecule has 2 aromatic rings. The number of aliphatic hydroxyl groups excluding tert-OH is 1. The van der Waals surface area contributed by atoms with Crippen molar-refractivity contribution < 1.29 is 9.90 Å². The van der Waals surface area contributed by atoms with Crippen LogP contribution in [0.4, 0.5) is 0 Å². The zero-order valence-electron chi connectivity index (χ0n) is 11.2. The van der Waals surface area contributed by atoms with E-state index in [9.17, 15) is 4.79 Å². The molecular formula is C14H14N2O2S2. The highest BCUT2D eigenvalue weighted by Gasteiger charge is 2.11. The lowest BCUT2D eigenvalue weighted by Gasteiger charge is -1.99. The van der Waals surface area contributed by atoms with Crippen LogP contribution < -0.4 is 5.32 Å². The number of rotatable bonds is 3. The summed E-state index contributed by atoms with van der Waals surface area (Å²) in [4.78, 5) is 18.7. The van der Waals surface area contributed by atoms with Crippen molar-refractivity contribution in [2.75, 3.05) is 6.61 Å². The van der Waals surface area contributed by atoms with Gasteiger partial charge in [-0.3, -0.25) is 4.79 Å². The van der Waals surface area contributed by atoms with Crippen LogP contribution in [-0.4, -0.2) is 22.6 Å². The fourth-order valence-electron chi connectivity index (χ4n) is 1.58. The van der Waals surface area contributed by atoms with Crippen LogP contribution in [0.25, 0.3) is 0 Å². The Kier molecular flexibility index (Phi) is 4.90. The number of nitrogens with zero attached hydrogens (tertiary/aromatic N) is 1. The van der Waals surface area contributed by atoms with Gasteiger partial charge in [0, 0.05) is 11.1 Å². The summed E-state index contributed by atoms with van der Waals surface area (Å²) in [6.45, 7) is 4.15. The molecule has 6 heteroatoms. The molecule has 2 rings (SSSR count). The number of carbonyl (C=O) groups excluding carboxylic acids is 1. The van der Waals surface area contributed by atoms with Crippen LogP contribution in [0.1, 0.15) is 30.0 Å². The molecule has 0 radical (unpaired) electrons. The molecule has 0 saturated carbocycles. The average Bonchev–Trinajstić information content (AvgIpc) is 3.00. The molecule has 0 bridgehead atoms. The first-order valence-corrected chi connectivity index (χ1v) is 7.63. The maximum atomic E-state index is 12.1. The molecule has 20 heavy (non-hydrogen) atoms. The molecule has 0 spiro atoms. The third kappa shape index (κ3) is 3.67. The summed E-state index contributed by atoms with van der Waals surface area (Å²) in [6, 6.07) is 1.82. The largest absolute Gasteiger partial charge is 0.384 e. The summed E-state index contributed by atoms with van der Waals surface area (Å²) in [7, 11) is 0. The zero-order valence-corrected chi connectivity index (χ0v) is 12.8. The van der Waals surface area contributed by atoms with Gasteiger partial charge >= 0.3 is 0 Å². The number of thiophene rings is 1. The van der Waals surface area contributed by atoms with Crippen LogP contribution in [0.15, 0.2) is 12.3 Å². The number of amides is 1. The molecule has 0 unspecified atom stereocenters. The van der Waals surface area contributed by atoms with Crippen molar-refractivity contribution >= 4 is 28.6 Å². The number of aryl methyl sites for hydroxylation is 2. The number of hydrogen-bond donors (Lipinski definition) is 2. The van der Waals surface area contributed by atoms with Crippen LogP contribution in [0, 0.1) is 25.7 Å². The first kappa shape index (κ1) is 14.7. The van der Waals surface area contributed by atoms with Gasteiger partial charge in [0.1, 0.15) is 6.61 Å². The molecule has 2 N–H and O–H groups in total. The third-order valence-corrected chi connectivity index (χ3v) is 4.58. The number of thiazole rings is 1. The van der Waals surface area contributed by atoms with E-state index in [1.54, 1.807) is 17.5 Å². The summed E-state index contributed by atoms with van der Waals surface area (Å²) < 4.78 is 0. The smallest absolute Gasteiger partial charge is 0.261 e. The predicted octanol–water partition coefficient (Wildman–Crippen LogP) is 2.10. The molecular weight excluding hydrogens is 292 g/mol. The van der Waals surface area contributed by atoms with Gasteiger partial charge in [-0.25, -0.2) is 4.98 Å². The van der Waals surface area contributed by atoms with Crippen molar-refractivity contribution in [1.29, 1.82) is 0 Å². The van der Waals surface area contributed by atoms with Crippen LogP contribution in [0.2, 0.25) is 0 Å². The van der Waals surface area contributed by atoms with Crippen molar-refractivity contribution in [2.24, 2.45) is 0 Å². The predicted molar refractivity (Wildman–Crippen MR) is 81.0 cm³/mol. The van der Waals surface area contributed by atoms with E-state index in [0.29, 0.717) is 11.4 Å². The molecule has 0 fully saturated rings. The standard InChI is InChI=1S/C14H14N2O2S2/c1-9-6-13(20-12(9)4-3-5-17)14(18)16-8-11-7-15-10(2)19-11/h6-7,17H,5,8H2,1-2H3,(H,16,18). The maximum absolute atomic E-state index is 12.1. The van der Waals surface area contributed by atoms with Crippen LogP contribution in [0.3, 0.4) is 0 Å². The highest BCUT2D eigenvalue weighted by Crippen LogP contribution is 2.21. The Labute approximate surface area is 125 Å². The van der Waals surface area contributed by atoms with Crippen LogP contribution >= 0.6 is 22.7 Å². The summed E-state index contributed by atoms with van der Waals surface area (Å²) in [5.41, 5.74) is 0.953. The van der Waals surface area contributed by atoms with Crippen LogP contribution in [-0.2, 0) is 6.54 Å². The fraction of sp³-hybridized carbons (Fsp3) is 0.286. The van der Waals surface area contributed by atoms with E-state index >= 15 is 0 Å². The van der Waals surface area contributed by atoms with Gasteiger partial charge in [0.05, 0.1) is 21.3 Å². The lowest BCUT2D eigenvalue weighted by molar-refractivity contribution is 0.0955. The minimum atomic E-state index is -0.177. The molecule has 2 heterocycles. The Morgan fingerprint density at radius 2 is 2.25 bits per heavy atom. The summed E-state index contributed by atoms with van der Waals surface area (Å²) in [5.74, 6) is 5.33. The summed E-state index contributed by atoms with van der Waals surface area (Å²) in [5, 5.41) is 12.6. The van der Waals surface area contributed by atoms with E-state index in [1.165, 1.54) is 11.3 Å². The first-order valence-electron chi connectivity index (χ1n) is 6.00. The van der Waals surface area contributed by atoms with Gasteiger partial charge in [0.25, 0.3) is 5.91 Å². The monoisotopic (exact) mass is 306 g/mol. The molecule has 0 aliphatic rings. The Bertz CT molecular complexity index is 677. The molecule has 0 atom stereocenters. The SMILES string of the molecule is Cc1ncc(CNC(=O)c2cc(C)c(C#CCO)s2)s1. The van der Waals surface area contributed by atoms with Crippen molar-refractivity contribution in [1.82, 2.24) is 10.3 Å². The number of aromatic nitrogens is 1. The number of carbonyl (C=O) groups is 1. The molecule has 1 amide bonds. The minimum Gasteiger partial charge on any atom is -0.384 e. The number of nitrogens with one attached hydrogen (secondary N) is 1. The zero-order chi connectivity index (χ0) is 14.5. The third-order valence-electron chi connectivity index (χ3n) is 2.51. The van der Waals surface area contributed by atoms with Gasteiger partial charge < -0.3 is 10.4 Å². The van der Waals surface area contributed by atoms with E-state index in [1.807, 2.05) is 19.9 Å². The van der Waals surface area contributed by atoms with E-state index in [-0.39, 0.29) is 12.5 Å². The minimum absolute atomic E-state index is 0.110. The topological polar surface area (TPSA) is 62.2 Å². The fourth-order valence-corrected chi connectivity index (χ4v) is 3.28. The van der Waals surface area contributed by atoms with Crippen molar-refractivity contribution in [2.45, 2.75) is 20.4 Å². The molecule has 104 valence electrons. The normalized spacial score (nSPS) is 9.95. The summed E-state index contributed by atoms with van der Waals surface area (Å²) >= 11 is 2.91. The molecule has 2 aromatic heterocycles. The van der Waals surface area contributed by atoms with Crippen molar-refractivity contribution in [3.05, 3.63) is 37.5 Å². The van der Waals surface area contributed by atoms with Gasteiger partial charge in [-0.15, -0.1) is 22.7 Å². The molecule has 0 saturated heterocycles.